The fourth-order valence-electron chi connectivity index (χ4n) is 4.69. The molecule has 0 spiro atoms. The third kappa shape index (κ3) is 5.05. The van der Waals surface area contributed by atoms with Crippen molar-refractivity contribution in [3.05, 3.63) is 75.3 Å². The fourth-order valence-corrected chi connectivity index (χ4v) is 5.01. The van der Waals surface area contributed by atoms with Crippen LogP contribution in [0.15, 0.2) is 54.1 Å². The molecule has 9 heteroatoms. The summed E-state index contributed by atoms with van der Waals surface area (Å²) in [6.45, 7) is 3.59. The van der Waals surface area contributed by atoms with Crippen molar-refractivity contribution >= 4 is 35.0 Å². The molecule has 0 saturated carbocycles. The van der Waals surface area contributed by atoms with E-state index in [9.17, 15) is 19.8 Å². The van der Waals surface area contributed by atoms with Crippen LogP contribution in [0.4, 0.5) is 0 Å². The van der Waals surface area contributed by atoms with Crippen molar-refractivity contribution in [1.82, 2.24) is 10.2 Å². The first-order valence-electron chi connectivity index (χ1n) is 11.5. The Kier molecular flexibility index (Phi) is 7.71. The van der Waals surface area contributed by atoms with Gasteiger partial charge in [-0.25, -0.2) is 0 Å². The van der Waals surface area contributed by atoms with Gasteiger partial charge in [-0.2, -0.15) is 0 Å². The van der Waals surface area contributed by atoms with Crippen molar-refractivity contribution in [1.29, 1.82) is 0 Å². The number of rotatable bonds is 7. The van der Waals surface area contributed by atoms with Crippen molar-refractivity contribution in [2.45, 2.75) is 44.6 Å². The first kappa shape index (κ1) is 25.5. The van der Waals surface area contributed by atoms with Gasteiger partial charge in [0.1, 0.15) is 18.0 Å². The molecule has 0 fully saturated rings. The minimum Gasteiger partial charge on any atom is -0.486 e. The quantitative estimate of drug-likeness (QED) is 0.522. The highest BCUT2D eigenvalue weighted by Crippen LogP contribution is 2.47. The second-order valence-corrected chi connectivity index (χ2v) is 9.86. The molecule has 0 radical (unpaired) electrons. The lowest BCUT2D eigenvalue weighted by atomic mass is 9.77. The number of hydrogen-bond donors (Lipinski definition) is 3. The zero-order chi connectivity index (χ0) is 25.3. The van der Waals surface area contributed by atoms with Gasteiger partial charge >= 0.3 is 0 Å². The standard InChI is InChI=1S/C26H28Cl2N2O5/c1-14(2)26(34)30(13-15-7-8-18(27)19(28)11-15)20-12-17(25(33)29-9-10-31)22-16-5-3-4-6-21(16)35-24(22)23(20)32/h3-8,11-12,14,20,22-24,31-32H,9-10,13H2,1-2H3,(H,29,33). The molecule has 4 rings (SSSR count). The van der Waals surface area contributed by atoms with Gasteiger partial charge in [-0.1, -0.05) is 61.3 Å². The van der Waals surface area contributed by atoms with Crippen LogP contribution in [0.3, 0.4) is 0 Å². The summed E-state index contributed by atoms with van der Waals surface area (Å²) < 4.78 is 6.12. The lowest BCUT2D eigenvalue weighted by molar-refractivity contribution is -0.141. The molecule has 35 heavy (non-hydrogen) atoms. The Balaban J connectivity index is 1.77. The predicted octanol–water partition coefficient (Wildman–Crippen LogP) is 3.30. The number of nitrogens with one attached hydrogen (secondary N) is 1. The Morgan fingerprint density at radius 1 is 1.14 bits per heavy atom. The lowest BCUT2D eigenvalue weighted by Crippen LogP contribution is -2.56. The van der Waals surface area contributed by atoms with Crippen LogP contribution in [0, 0.1) is 5.92 Å². The van der Waals surface area contributed by atoms with Gasteiger partial charge in [0.25, 0.3) is 0 Å². The van der Waals surface area contributed by atoms with Crippen LogP contribution < -0.4 is 10.1 Å². The minimum absolute atomic E-state index is 0.0845. The number of carbonyl (C=O) groups is 2. The van der Waals surface area contributed by atoms with Crippen LogP contribution in [0.2, 0.25) is 10.0 Å². The third-order valence-corrected chi connectivity index (χ3v) is 7.09. The van der Waals surface area contributed by atoms with Gasteiger partial charge in [0, 0.05) is 30.1 Å². The fraction of sp³-hybridized carbons (Fsp3) is 0.385. The van der Waals surface area contributed by atoms with E-state index in [1.807, 2.05) is 18.2 Å². The van der Waals surface area contributed by atoms with E-state index in [1.54, 1.807) is 49.1 Å². The molecule has 1 aliphatic carbocycles. The number of benzene rings is 2. The summed E-state index contributed by atoms with van der Waals surface area (Å²) in [5.74, 6) is -0.839. The summed E-state index contributed by atoms with van der Waals surface area (Å²) in [4.78, 5) is 28.1. The Morgan fingerprint density at radius 2 is 1.89 bits per heavy atom. The van der Waals surface area contributed by atoms with Gasteiger partial charge in [-0.15, -0.1) is 0 Å². The van der Waals surface area contributed by atoms with E-state index in [0.717, 1.165) is 11.1 Å². The molecule has 1 heterocycles. The predicted molar refractivity (Wildman–Crippen MR) is 133 cm³/mol. The third-order valence-electron chi connectivity index (χ3n) is 6.35. The minimum atomic E-state index is -1.09. The van der Waals surface area contributed by atoms with Gasteiger partial charge in [0.2, 0.25) is 11.8 Å². The highest BCUT2D eigenvalue weighted by atomic mass is 35.5. The SMILES string of the molecule is CC(C)C(=O)N(Cc1ccc(Cl)c(Cl)c1)C1C=C(C(=O)NCCO)C2c3ccccc3OC2C1O. The topological polar surface area (TPSA) is 99.1 Å². The van der Waals surface area contributed by atoms with E-state index in [1.165, 1.54) is 0 Å². The monoisotopic (exact) mass is 518 g/mol. The number of ether oxygens (including phenoxy) is 1. The highest BCUT2D eigenvalue weighted by molar-refractivity contribution is 6.42. The lowest BCUT2D eigenvalue weighted by Gasteiger charge is -2.41. The molecule has 2 aromatic rings. The second-order valence-electron chi connectivity index (χ2n) is 9.05. The van der Waals surface area contributed by atoms with Crippen LogP contribution in [0.1, 0.15) is 30.9 Å². The molecule has 3 N–H and O–H groups in total. The smallest absolute Gasteiger partial charge is 0.247 e. The van der Waals surface area contributed by atoms with Crippen molar-refractivity contribution in [2.75, 3.05) is 13.2 Å². The van der Waals surface area contributed by atoms with Gasteiger partial charge in [-0.3, -0.25) is 9.59 Å². The van der Waals surface area contributed by atoms with Gasteiger partial charge in [-0.05, 0) is 29.8 Å². The number of nitrogens with zero attached hydrogens (tertiary/aromatic N) is 1. The van der Waals surface area contributed by atoms with Gasteiger partial charge in [0.15, 0.2) is 0 Å². The van der Waals surface area contributed by atoms with E-state index in [4.69, 9.17) is 27.9 Å². The largest absolute Gasteiger partial charge is 0.486 e. The maximum absolute atomic E-state index is 13.4. The highest BCUT2D eigenvalue weighted by Gasteiger charge is 2.50. The van der Waals surface area contributed by atoms with E-state index >= 15 is 0 Å². The number of carbonyl (C=O) groups excluding carboxylic acids is 2. The van der Waals surface area contributed by atoms with Gasteiger partial charge < -0.3 is 25.2 Å². The number of hydrogen-bond acceptors (Lipinski definition) is 5. The number of fused-ring (bicyclic) bond motifs is 3. The van der Waals surface area contributed by atoms with E-state index in [-0.39, 0.29) is 37.4 Å². The van der Waals surface area contributed by atoms with E-state index in [2.05, 4.69) is 5.32 Å². The summed E-state index contributed by atoms with van der Waals surface area (Å²) in [5, 5.41) is 24.2. The van der Waals surface area contributed by atoms with Crippen LogP contribution in [0.5, 0.6) is 5.75 Å². The first-order chi connectivity index (χ1) is 16.7. The first-order valence-corrected chi connectivity index (χ1v) is 12.3. The zero-order valence-corrected chi connectivity index (χ0v) is 21.0. The molecular weight excluding hydrogens is 491 g/mol. The van der Waals surface area contributed by atoms with Crippen LogP contribution >= 0.6 is 23.2 Å². The molecule has 0 aromatic heterocycles. The van der Waals surface area contributed by atoms with Gasteiger partial charge in [0.05, 0.1) is 28.6 Å². The average molecular weight is 519 g/mol. The van der Waals surface area contributed by atoms with Crippen LogP contribution in [-0.4, -0.2) is 58.3 Å². The normalized spacial score (nSPS) is 22.7. The van der Waals surface area contributed by atoms with Crippen LogP contribution in [-0.2, 0) is 16.1 Å². The summed E-state index contributed by atoms with van der Waals surface area (Å²) >= 11 is 12.3. The van der Waals surface area contributed by atoms with E-state index < -0.39 is 24.2 Å². The van der Waals surface area contributed by atoms with Crippen LogP contribution in [0.25, 0.3) is 0 Å². The molecule has 4 unspecified atom stereocenters. The molecule has 2 aromatic carbocycles. The summed E-state index contributed by atoms with van der Waals surface area (Å²) in [5.41, 5.74) is 1.92. The van der Waals surface area contributed by atoms with Crippen molar-refractivity contribution in [3.63, 3.8) is 0 Å². The number of para-hydroxylation sites is 1. The number of amides is 2. The number of aliphatic hydroxyl groups is 2. The Hall–Kier alpha value is -2.58. The molecule has 2 aliphatic rings. The Morgan fingerprint density at radius 3 is 2.57 bits per heavy atom. The zero-order valence-electron chi connectivity index (χ0n) is 19.4. The maximum atomic E-state index is 13.4. The Labute approximate surface area is 214 Å². The van der Waals surface area contributed by atoms with E-state index in [0.29, 0.717) is 21.4 Å². The molecular formula is C26H28Cl2N2O5. The molecule has 186 valence electrons. The number of halogens is 2. The molecule has 0 bridgehead atoms. The molecule has 1 aliphatic heterocycles. The van der Waals surface area contributed by atoms with Crippen molar-refractivity contribution in [2.24, 2.45) is 5.92 Å². The maximum Gasteiger partial charge on any atom is 0.247 e. The molecule has 0 saturated heterocycles. The molecule has 4 atom stereocenters. The number of aliphatic hydroxyl groups excluding tert-OH is 2. The summed E-state index contributed by atoms with van der Waals surface area (Å²) in [7, 11) is 0. The average Bonchev–Trinajstić information content (AvgIpc) is 3.23. The Bertz CT molecular complexity index is 1150. The van der Waals surface area contributed by atoms with Crippen molar-refractivity contribution in [3.8, 4) is 5.75 Å². The summed E-state index contributed by atoms with van der Waals surface area (Å²) in [6, 6.07) is 11.6. The molecule has 7 nitrogen and oxygen atoms in total. The second kappa shape index (κ2) is 10.6. The molecule has 2 amide bonds. The summed E-state index contributed by atoms with van der Waals surface area (Å²) in [6.07, 6.45) is -0.192. The van der Waals surface area contributed by atoms with Crippen molar-refractivity contribution < 1.29 is 24.5 Å².